The zero-order valence-electron chi connectivity index (χ0n) is 9.41. The van der Waals surface area contributed by atoms with Crippen LogP contribution < -0.4 is 0 Å². The van der Waals surface area contributed by atoms with Gasteiger partial charge in [0, 0.05) is 17.4 Å². The molecule has 1 aromatic rings. The number of amides is 1. The van der Waals surface area contributed by atoms with Gasteiger partial charge in [-0.25, -0.2) is 4.79 Å². The van der Waals surface area contributed by atoms with Crippen molar-refractivity contribution in [2.45, 2.75) is 18.6 Å². The number of carboxylic acid groups (broad SMARTS) is 1. The van der Waals surface area contributed by atoms with Gasteiger partial charge in [-0.2, -0.15) is 0 Å². The molecule has 0 spiro atoms. The second kappa shape index (κ2) is 5.07. The van der Waals surface area contributed by atoms with Gasteiger partial charge in [-0.3, -0.25) is 4.79 Å². The number of β-amino-alcohol motifs (C(OH)–C–C–N with tert-alkyl or cyclic N) is 1. The van der Waals surface area contributed by atoms with E-state index in [0.717, 1.165) is 0 Å². The van der Waals surface area contributed by atoms with Gasteiger partial charge in [-0.05, 0) is 28.1 Å². The number of carbonyl (C=O) groups is 2. The Bertz CT molecular complexity index is 491. The minimum atomic E-state index is -1.09. The number of carbonyl (C=O) groups excluding carboxylic acids is 1. The number of hydrogen-bond acceptors (Lipinski definition) is 3. The van der Waals surface area contributed by atoms with Crippen molar-refractivity contribution in [3.8, 4) is 0 Å². The lowest BCUT2D eigenvalue weighted by Gasteiger charge is -2.21. The predicted molar refractivity (Wildman–Crippen MR) is 67.2 cm³/mol. The molecule has 2 rings (SSSR count). The number of hydrogen-bond donors (Lipinski definition) is 2. The summed E-state index contributed by atoms with van der Waals surface area (Å²) >= 11 is 3.26. The Morgan fingerprint density at radius 3 is 2.61 bits per heavy atom. The minimum absolute atomic E-state index is 0.0527. The van der Waals surface area contributed by atoms with Crippen LogP contribution in [0.1, 0.15) is 16.8 Å². The predicted octanol–water partition coefficient (Wildman–Crippen LogP) is 1.11. The van der Waals surface area contributed by atoms with Crippen molar-refractivity contribution in [2.24, 2.45) is 0 Å². The van der Waals surface area contributed by atoms with Crippen LogP contribution in [0.15, 0.2) is 28.7 Å². The monoisotopic (exact) mass is 313 g/mol. The number of nitrogens with zero attached hydrogens (tertiary/aromatic N) is 1. The molecular formula is C12H12BrNO4. The topological polar surface area (TPSA) is 77.8 Å². The SMILES string of the molecule is O=C(O)[C@@H]1C[C@H](O)CN1C(=O)c1ccccc1Br. The summed E-state index contributed by atoms with van der Waals surface area (Å²) in [6.45, 7) is 0.0527. The van der Waals surface area contributed by atoms with Crippen LogP contribution in [-0.4, -0.2) is 45.7 Å². The second-order valence-corrected chi connectivity index (χ2v) is 5.04. The number of likely N-dealkylation sites (tertiary alicyclic amines) is 1. The lowest BCUT2D eigenvalue weighted by molar-refractivity contribution is -0.141. The molecule has 2 N–H and O–H groups in total. The number of carboxylic acids is 1. The Morgan fingerprint density at radius 1 is 1.33 bits per heavy atom. The van der Waals surface area contributed by atoms with Gasteiger partial charge in [-0.1, -0.05) is 12.1 Å². The van der Waals surface area contributed by atoms with E-state index in [1.54, 1.807) is 24.3 Å². The fourth-order valence-corrected chi connectivity index (χ4v) is 2.52. The maximum Gasteiger partial charge on any atom is 0.326 e. The van der Waals surface area contributed by atoms with Crippen LogP contribution in [0.25, 0.3) is 0 Å². The molecule has 0 radical (unpaired) electrons. The Labute approximate surface area is 112 Å². The van der Waals surface area contributed by atoms with E-state index in [1.165, 1.54) is 4.90 Å². The number of aliphatic hydroxyl groups excluding tert-OH is 1. The average molecular weight is 314 g/mol. The summed E-state index contributed by atoms with van der Waals surface area (Å²) in [5.41, 5.74) is 0.401. The lowest BCUT2D eigenvalue weighted by Crippen LogP contribution is -2.40. The number of aliphatic hydroxyl groups is 1. The summed E-state index contributed by atoms with van der Waals surface area (Å²) in [4.78, 5) is 24.5. The van der Waals surface area contributed by atoms with Crippen molar-refractivity contribution in [2.75, 3.05) is 6.54 Å². The largest absolute Gasteiger partial charge is 0.480 e. The van der Waals surface area contributed by atoms with E-state index in [2.05, 4.69) is 15.9 Å². The van der Waals surface area contributed by atoms with Crippen molar-refractivity contribution in [1.82, 2.24) is 4.90 Å². The van der Waals surface area contributed by atoms with Crippen LogP contribution >= 0.6 is 15.9 Å². The average Bonchev–Trinajstić information content (AvgIpc) is 2.71. The molecule has 0 aromatic heterocycles. The highest BCUT2D eigenvalue weighted by molar-refractivity contribution is 9.10. The summed E-state index contributed by atoms with van der Waals surface area (Å²) in [7, 11) is 0. The molecule has 1 heterocycles. The molecular weight excluding hydrogens is 302 g/mol. The third kappa shape index (κ3) is 2.39. The number of rotatable bonds is 2. The Kier molecular flexibility index (Phi) is 3.68. The summed E-state index contributed by atoms with van der Waals surface area (Å²) in [5, 5.41) is 18.6. The van der Waals surface area contributed by atoms with Crippen LogP contribution in [0, 0.1) is 0 Å². The fourth-order valence-electron chi connectivity index (χ4n) is 2.06. The van der Waals surface area contributed by atoms with Crippen LogP contribution in [0.4, 0.5) is 0 Å². The van der Waals surface area contributed by atoms with E-state index >= 15 is 0 Å². The first-order chi connectivity index (χ1) is 8.50. The zero-order chi connectivity index (χ0) is 13.3. The van der Waals surface area contributed by atoms with Crippen molar-refractivity contribution >= 4 is 27.8 Å². The number of halogens is 1. The fraction of sp³-hybridized carbons (Fsp3) is 0.333. The summed E-state index contributed by atoms with van der Waals surface area (Å²) in [5.74, 6) is -1.47. The highest BCUT2D eigenvalue weighted by Gasteiger charge is 2.39. The molecule has 1 fully saturated rings. The van der Waals surface area contributed by atoms with Crippen molar-refractivity contribution in [1.29, 1.82) is 0 Å². The molecule has 2 atom stereocenters. The van der Waals surface area contributed by atoms with E-state index in [-0.39, 0.29) is 18.9 Å². The third-order valence-electron chi connectivity index (χ3n) is 2.93. The first-order valence-electron chi connectivity index (χ1n) is 5.47. The summed E-state index contributed by atoms with van der Waals surface area (Å²) < 4.78 is 0.612. The Morgan fingerprint density at radius 2 is 2.00 bits per heavy atom. The normalized spacial score (nSPS) is 23.1. The maximum absolute atomic E-state index is 12.2. The molecule has 6 heteroatoms. The van der Waals surface area contributed by atoms with E-state index in [1.807, 2.05) is 0 Å². The van der Waals surface area contributed by atoms with Crippen molar-refractivity contribution < 1.29 is 19.8 Å². The van der Waals surface area contributed by atoms with Gasteiger partial charge in [0.25, 0.3) is 5.91 Å². The first-order valence-corrected chi connectivity index (χ1v) is 6.26. The highest BCUT2D eigenvalue weighted by atomic mass is 79.9. The second-order valence-electron chi connectivity index (χ2n) is 4.18. The van der Waals surface area contributed by atoms with Gasteiger partial charge < -0.3 is 15.1 Å². The quantitative estimate of drug-likeness (QED) is 0.857. The Hall–Kier alpha value is -1.40. The lowest BCUT2D eigenvalue weighted by atomic mass is 10.1. The van der Waals surface area contributed by atoms with Gasteiger partial charge in [0.15, 0.2) is 0 Å². The van der Waals surface area contributed by atoms with E-state index in [0.29, 0.717) is 10.0 Å². The molecule has 1 aromatic carbocycles. The molecule has 0 aliphatic carbocycles. The van der Waals surface area contributed by atoms with E-state index in [9.17, 15) is 14.7 Å². The van der Waals surface area contributed by atoms with Gasteiger partial charge in [0.1, 0.15) is 6.04 Å². The molecule has 0 saturated carbocycles. The number of aliphatic carboxylic acids is 1. The Balaban J connectivity index is 2.28. The smallest absolute Gasteiger partial charge is 0.326 e. The number of benzene rings is 1. The molecule has 0 unspecified atom stereocenters. The minimum Gasteiger partial charge on any atom is -0.480 e. The molecule has 18 heavy (non-hydrogen) atoms. The van der Waals surface area contributed by atoms with E-state index < -0.39 is 18.1 Å². The van der Waals surface area contributed by atoms with E-state index in [4.69, 9.17) is 5.11 Å². The molecule has 1 aliphatic heterocycles. The molecule has 5 nitrogen and oxygen atoms in total. The van der Waals surface area contributed by atoms with Crippen molar-refractivity contribution in [3.63, 3.8) is 0 Å². The first kappa shape index (κ1) is 13.0. The van der Waals surface area contributed by atoms with Crippen LogP contribution in [-0.2, 0) is 4.79 Å². The standard InChI is InChI=1S/C12H12BrNO4/c13-9-4-2-1-3-8(9)11(16)14-6-7(15)5-10(14)12(17)18/h1-4,7,10,15H,5-6H2,(H,17,18)/t7-,10-/m0/s1. The highest BCUT2D eigenvalue weighted by Crippen LogP contribution is 2.24. The summed E-state index contributed by atoms with van der Waals surface area (Å²) in [6, 6.07) is 5.86. The van der Waals surface area contributed by atoms with Gasteiger partial charge in [0.05, 0.1) is 11.7 Å². The summed E-state index contributed by atoms with van der Waals surface area (Å²) in [6.07, 6.45) is -0.705. The van der Waals surface area contributed by atoms with Crippen LogP contribution in [0.5, 0.6) is 0 Å². The molecule has 0 bridgehead atoms. The van der Waals surface area contributed by atoms with Crippen molar-refractivity contribution in [3.05, 3.63) is 34.3 Å². The third-order valence-corrected chi connectivity index (χ3v) is 3.62. The zero-order valence-corrected chi connectivity index (χ0v) is 11.0. The van der Waals surface area contributed by atoms with Gasteiger partial charge in [-0.15, -0.1) is 0 Å². The molecule has 1 amide bonds. The molecule has 96 valence electrons. The maximum atomic E-state index is 12.2. The van der Waals surface area contributed by atoms with Gasteiger partial charge in [0.2, 0.25) is 0 Å². The van der Waals surface area contributed by atoms with Gasteiger partial charge >= 0.3 is 5.97 Å². The van der Waals surface area contributed by atoms with Crippen LogP contribution in [0.2, 0.25) is 0 Å². The van der Waals surface area contributed by atoms with Crippen LogP contribution in [0.3, 0.4) is 0 Å². The molecule has 1 aliphatic rings. The molecule has 1 saturated heterocycles.